The van der Waals surface area contributed by atoms with E-state index in [1.807, 2.05) is 24.3 Å². The van der Waals surface area contributed by atoms with E-state index in [1.165, 1.54) is 0 Å². The van der Waals surface area contributed by atoms with Crippen molar-refractivity contribution in [1.82, 2.24) is 5.32 Å². The molecule has 1 fully saturated rings. The highest BCUT2D eigenvalue weighted by Gasteiger charge is 2.30. The highest BCUT2D eigenvalue weighted by atomic mass is 35.5. The molecule has 1 aliphatic heterocycles. The number of halogens is 1. The molecule has 0 aliphatic carbocycles. The predicted molar refractivity (Wildman–Crippen MR) is 61.2 cm³/mol. The summed E-state index contributed by atoms with van der Waals surface area (Å²) in [5.74, 6) is -0.234. The van der Waals surface area contributed by atoms with Gasteiger partial charge in [-0.2, -0.15) is 0 Å². The maximum Gasteiger partial charge on any atom is 0.321 e. The Morgan fingerprint density at radius 1 is 1.53 bits per heavy atom. The zero-order chi connectivity index (χ0) is 10.8. The molecule has 0 aromatic heterocycles. The van der Waals surface area contributed by atoms with Crippen molar-refractivity contribution in [2.75, 3.05) is 5.75 Å². The van der Waals surface area contributed by atoms with Gasteiger partial charge in [-0.25, -0.2) is 0 Å². The van der Waals surface area contributed by atoms with Gasteiger partial charge in [-0.15, -0.1) is 11.8 Å². The Kier molecular flexibility index (Phi) is 3.19. The molecule has 1 saturated heterocycles. The van der Waals surface area contributed by atoms with Crippen LogP contribution in [-0.2, 0) is 4.79 Å². The number of benzene rings is 1. The first-order valence-electron chi connectivity index (χ1n) is 4.53. The maximum atomic E-state index is 10.8. The van der Waals surface area contributed by atoms with Gasteiger partial charge in [0.25, 0.3) is 0 Å². The molecule has 0 spiro atoms. The summed E-state index contributed by atoms with van der Waals surface area (Å²) in [6.45, 7) is 0. The Morgan fingerprint density at radius 3 is 2.87 bits per heavy atom. The van der Waals surface area contributed by atoms with Crippen LogP contribution in [-0.4, -0.2) is 22.9 Å². The van der Waals surface area contributed by atoms with Crippen LogP contribution >= 0.6 is 23.4 Å². The summed E-state index contributed by atoms with van der Waals surface area (Å²) in [5, 5.41) is 12.5. The lowest BCUT2D eigenvalue weighted by Crippen LogP contribution is -2.33. The van der Waals surface area contributed by atoms with Crippen LogP contribution < -0.4 is 5.32 Å². The summed E-state index contributed by atoms with van der Waals surface area (Å²) >= 11 is 7.60. The second-order valence-electron chi connectivity index (χ2n) is 3.29. The van der Waals surface area contributed by atoms with Gasteiger partial charge in [0.15, 0.2) is 0 Å². The first-order valence-corrected chi connectivity index (χ1v) is 5.96. The topological polar surface area (TPSA) is 49.3 Å². The van der Waals surface area contributed by atoms with Gasteiger partial charge in [0.1, 0.15) is 6.04 Å². The molecule has 80 valence electrons. The Balaban J connectivity index is 2.14. The van der Waals surface area contributed by atoms with E-state index in [4.69, 9.17) is 16.7 Å². The van der Waals surface area contributed by atoms with Crippen LogP contribution in [0.1, 0.15) is 10.9 Å². The number of nitrogens with one attached hydrogen (secondary N) is 1. The second-order valence-corrected chi connectivity index (χ2v) is 4.84. The minimum absolute atomic E-state index is 0.0141. The van der Waals surface area contributed by atoms with Gasteiger partial charge >= 0.3 is 5.97 Å². The fourth-order valence-corrected chi connectivity index (χ4v) is 3.06. The molecule has 5 heteroatoms. The minimum atomic E-state index is -0.808. The standard InChI is InChI=1S/C10H10ClNO2S/c11-7-4-2-1-3-6(7)9-12-8(5-15-9)10(13)14/h1-4,8-9,12H,5H2,(H,13,14)/t8-,9+/m0/s1. The highest BCUT2D eigenvalue weighted by Crippen LogP contribution is 2.36. The molecule has 1 heterocycles. The van der Waals surface area contributed by atoms with Crippen molar-refractivity contribution in [3.05, 3.63) is 34.9 Å². The van der Waals surface area contributed by atoms with Crippen molar-refractivity contribution in [3.8, 4) is 0 Å². The molecule has 1 aliphatic rings. The third kappa shape index (κ3) is 2.27. The minimum Gasteiger partial charge on any atom is -0.480 e. The normalized spacial score (nSPS) is 25.4. The van der Waals surface area contributed by atoms with Gasteiger partial charge < -0.3 is 5.11 Å². The molecule has 0 amide bonds. The van der Waals surface area contributed by atoms with E-state index in [-0.39, 0.29) is 5.37 Å². The number of rotatable bonds is 2. The summed E-state index contributed by atoms with van der Waals surface area (Å²) in [6, 6.07) is 7.01. The van der Waals surface area contributed by atoms with Crippen LogP contribution in [0.3, 0.4) is 0 Å². The van der Waals surface area contributed by atoms with Crippen LogP contribution in [0.5, 0.6) is 0 Å². The highest BCUT2D eigenvalue weighted by molar-refractivity contribution is 7.99. The number of thioether (sulfide) groups is 1. The summed E-state index contributed by atoms with van der Waals surface area (Å²) in [4.78, 5) is 10.8. The zero-order valence-corrected chi connectivity index (χ0v) is 9.39. The average Bonchev–Trinajstić information content (AvgIpc) is 2.67. The van der Waals surface area contributed by atoms with Crippen molar-refractivity contribution >= 4 is 29.3 Å². The first-order chi connectivity index (χ1) is 7.18. The van der Waals surface area contributed by atoms with Crippen molar-refractivity contribution in [1.29, 1.82) is 0 Å². The largest absolute Gasteiger partial charge is 0.480 e. The molecular formula is C10H10ClNO2S. The van der Waals surface area contributed by atoms with Crippen molar-refractivity contribution < 1.29 is 9.90 Å². The fourth-order valence-electron chi connectivity index (χ4n) is 1.48. The SMILES string of the molecule is O=C(O)[C@@H]1CS[C@H](c2ccccc2Cl)N1. The van der Waals surface area contributed by atoms with Gasteiger partial charge in [0, 0.05) is 10.8 Å². The molecule has 1 aromatic rings. The summed E-state index contributed by atoms with van der Waals surface area (Å²) < 4.78 is 0. The lowest BCUT2D eigenvalue weighted by Gasteiger charge is -2.12. The lowest BCUT2D eigenvalue weighted by molar-refractivity contribution is -0.138. The van der Waals surface area contributed by atoms with E-state index in [0.717, 1.165) is 5.56 Å². The van der Waals surface area contributed by atoms with Crippen LogP contribution in [0.4, 0.5) is 0 Å². The molecule has 3 nitrogen and oxygen atoms in total. The molecular weight excluding hydrogens is 234 g/mol. The van der Waals surface area contributed by atoms with E-state index in [1.54, 1.807) is 11.8 Å². The number of aliphatic carboxylic acids is 1. The van der Waals surface area contributed by atoms with Crippen LogP contribution in [0.15, 0.2) is 24.3 Å². The van der Waals surface area contributed by atoms with Crippen LogP contribution in [0.2, 0.25) is 5.02 Å². The zero-order valence-electron chi connectivity index (χ0n) is 7.81. The molecule has 1 aromatic carbocycles. The molecule has 15 heavy (non-hydrogen) atoms. The predicted octanol–water partition coefficient (Wildman–Crippen LogP) is 2.13. The van der Waals surface area contributed by atoms with E-state index in [2.05, 4.69) is 5.32 Å². The molecule has 0 unspecified atom stereocenters. The summed E-state index contributed by atoms with van der Waals surface area (Å²) in [6.07, 6.45) is 0. The van der Waals surface area contributed by atoms with Crippen LogP contribution in [0, 0.1) is 0 Å². The Bertz CT molecular complexity index is 385. The van der Waals surface area contributed by atoms with Crippen molar-refractivity contribution in [2.24, 2.45) is 0 Å². The second kappa shape index (κ2) is 4.43. The third-order valence-electron chi connectivity index (χ3n) is 2.27. The molecule has 2 rings (SSSR count). The Morgan fingerprint density at radius 2 is 2.27 bits per heavy atom. The smallest absolute Gasteiger partial charge is 0.321 e. The number of carbonyl (C=O) groups is 1. The Labute approximate surface area is 96.8 Å². The van der Waals surface area contributed by atoms with Gasteiger partial charge in [0.2, 0.25) is 0 Å². The van der Waals surface area contributed by atoms with E-state index in [0.29, 0.717) is 10.8 Å². The van der Waals surface area contributed by atoms with Gasteiger partial charge in [-0.05, 0) is 11.6 Å². The summed E-state index contributed by atoms with van der Waals surface area (Å²) in [5.41, 5.74) is 0.952. The first kappa shape index (κ1) is 10.8. The van der Waals surface area contributed by atoms with Crippen LogP contribution in [0.25, 0.3) is 0 Å². The van der Waals surface area contributed by atoms with Gasteiger partial charge in [-0.3, -0.25) is 10.1 Å². The third-order valence-corrected chi connectivity index (χ3v) is 3.86. The molecule has 2 atom stereocenters. The van der Waals surface area contributed by atoms with E-state index < -0.39 is 12.0 Å². The fraction of sp³-hybridized carbons (Fsp3) is 0.300. The number of carboxylic acid groups (broad SMARTS) is 1. The quantitative estimate of drug-likeness (QED) is 0.836. The number of hydrogen-bond donors (Lipinski definition) is 2. The van der Waals surface area contributed by atoms with Gasteiger partial charge in [-0.1, -0.05) is 29.8 Å². The van der Waals surface area contributed by atoms with Gasteiger partial charge in [0.05, 0.1) is 5.37 Å². The number of hydrogen-bond acceptors (Lipinski definition) is 3. The molecule has 0 bridgehead atoms. The van der Waals surface area contributed by atoms with Crippen molar-refractivity contribution in [2.45, 2.75) is 11.4 Å². The monoisotopic (exact) mass is 243 g/mol. The molecule has 2 N–H and O–H groups in total. The molecule has 0 saturated carbocycles. The average molecular weight is 244 g/mol. The lowest BCUT2D eigenvalue weighted by atomic mass is 10.2. The maximum absolute atomic E-state index is 10.8. The summed E-state index contributed by atoms with van der Waals surface area (Å²) in [7, 11) is 0. The van der Waals surface area contributed by atoms with Crippen molar-refractivity contribution in [3.63, 3.8) is 0 Å². The number of carboxylic acids is 1. The van der Waals surface area contributed by atoms with E-state index in [9.17, 15) is 4.79 Å². The van der Waals surface area contributed by atoms with E-state index >= 15 is 0 Å². The Hall–Kier alpha value is -0.710. The molecule has 0 radical (unpaired) electrons.